The summed E-state index contributed by atoms with van der Waals surface area (Å²) in [5, 5.41) is 11.8. The van der Waals surface area contributed by atoms with Gasteiger partial charge in [-0.25, -0.2) is 0 Å². The van der Waals surface area contributed by atoms with Crippen LogP contribution in [-0.4, -0.2) is 49.2 Å². The maximum atomic E-state index is 12.0. The Hall–Kier alpha value is -1.12. The Morgan fingerprint density at radius 2 is 2.16 bits per heavy atom. The smallest absolute Gasteiger partial charge is 0.223 e. The van der Waals surface area contributed by atoms with Gasteiger partial charge in [-0.2, -0.15) is 5.26 Å². The van der Waals surface area contributed by atoms with Gasteiger partial charge in [0.05, 0.1) is 24.6 Å². The fourth-order valence-electron chi connectivity index (χ4n) is 2.93. The van der Waals surface area contributed by atoms with E-state index in [9.17, 15) is 4.79 Å². The van der Waals surface area contributed by atoms with Crippen molar-refractivity contribution in [1.29, 1.82) is 5.26 Å². The summed E-state index contributed by atoms with van der Waals surface area (Å²) in [6, 6.07) is 2.43. The highest BCUT2D eigenvalue weighted by Crippen LogP contribution is 2.37. The van der Waals surface area contributed by atoms with Gasteiger partial charge in [0.25, 0.3) is 0 Å². The summed E-state index contributed by atoms with van der Waals surface area (Å²) in [5.41, 5.74) is -0.189. The second-order valence-electron chi connectivity index (χ2n) is 5.69. The normalized spacial score (nSPS) is 23.4. The monoisotopic (exact) mass is 265 g/mol. The molecule has 106 valence electrons. The third kappa shape index (κ3) is 3.68. The van der Waals surface area contributed by atoms with E-state index in [4.69, 9.17) is 10.00 Å². The van der Waals surface area contributed by atoms with Gasteiger partial charge in [0.1, 0.15) is 0 Å². The summed E-state index contributed by atoms with van der Waals surface area (Å²) in [6.45, 7) is 2.29. The number of carbonyl (C=O) groups is 1. The second-order valence-corrected chi connectivity index (χ2v) is 5.69. The van der Waals surface area contributed by atoms with Crippen molar-refractivity contribution >= 4 is 5.91 Å². The molecule has 2 rings (SSSR count). The summed E-state index contributed by atoms with van der Waals surface area (Å²) >= 11 is 0. The first-order valence-corrected chi connectivity index (χ1v) is 7.11. The van der Waals surface area contributed by atoms with Crippen LogP contribution < -0.4 is 5.32 Å². The summed E-state index contributed by atoms with van der Waals surface area (Å²) in [6.07, 6.45) is 5.52. The van der Waals surface area contributed by atoms with Gasteiger partial charge < -0.3 is 10.1 Å². The summed E-state index contributed by atoms with van der Waals surface area (Å²) in [4.78, 5) is 14.2. The van der Waals surface area contributed by atoms with Gasteiger partial charge >= 0.3 is 0 Å². The van der Waals surface area contributed by atoms with Crippen molar-refractivity contribution in [3.8, 4) is 6.07 Å². The number of likely N-dealkylation sites (tertiary alicyclic amines) is 1. The van der Waals surface area contributed by atoms with Crippen molar-refractivity contribution in [2.75, 3.05) is 26.7 Å². The molecular weight excluding hydrogens is 242 g/mol. The standard InChI is InChI=1S/C14H23N3O2/c1-19-14(5-2-6-14)11-13(18)16-12-3-8-17(9-4-12)10-7-15/h12H,2-6,8-11H2,1H3,(H,16,18). The molecule has 0 atom stereocenters. The molecule has 1 aliphatic heterocycles. The SMILES string of the molecule is COC1(CC(=O)NC2CCN(CC#N)CC2)CCC1. The van der Waals surface area contributed by atoms with Crippen LogP contribution in [0.4, 0.5) is 0 Å². The first kappa shape index (κ1) is 14.3. The van der Waals surface area contributed by atoms with Crippen molar-refractivity contribution in [3.05, 3.63) is 0 Å². The summed E-state index contributed by atoms with van der Waals surface area (Å²) in [7, 11) is 1.70. The molecule has 1 aliphatic carbocycles. The lowest BCUT2D eigenvalue weighted by molar-refractivity contribution is -0.135. The number of ether oxygens (including phenoxy) is 1. The molecule has 5 nitrogen and oxygen atoms in total. The van der Waals surface area contributed by atoms with Crippen LogP contribution >= 0.6 is 0 Å². The van der Waals surface area contributed by atoms with E-state index >= 15 is 0 Å². The summed E-state index contributed by atoms with van der Waals surface area (Å²) in [5.74, 6) is 0.111. The lowest BCUT2D eigenvalue weighted by atomic mass is 9.77. The van der Waals surface area contributed by atoms with Gasteiger partial charge in [-0.15, -0.1) is 0 Å². The molecule has 1 saturated heterocycles. The molecule has 1 heterocycles. The van der Waals surface area contributed by atoms with Crippen LogP contribution in [-0.2, 0) is 9.53 Å². The van der Waals surface area contributed by atoms with E-state index < -0.39 is 0 Å². The number of amides is 1. The Labute approximate surface area is 114 Å². The molecule has 1 amide bonds. The minimum atomic E-state index is -0.189. The molecular formula is C14H23N3O2. The lowest BCUT2D eigenvalue weighted by Gasteiger charge is -2.40. The number of piperidine rings is 1. The van der Waals surface area contributed by atoms with Crippen molar-refractivity contribution in [1.82, 2.24) is 10.2 Å². The zero-order valence-corrected chi connectivity index (χ0v) is 11.7. The van der Waals surface area contributed by atoms with E-state index in [-0.39, 0.29) is 17.6 Å². The molecule has 0 aromatic rings. The van der Waals surface area contributed by atoms with Crippen LogP contribution in [0.25, 0.3) is 0 Å². The van der Waals surface area contributed by atoms with E-state index in [2.05, 4.69) is 16.3 Å². The average Bonchev–Trinajstić information content (AvgIpc) is 2.37. The second kappa shape index (κ2) is 6.36. The number of methoxy groups -OCH3 is 1. The molecule has 2 fully saturated rings. The van der Waals surface area contributed by atoms with Crippen molar-refractivity contribution in [3.63, 3.8) is 0 Å². The molecule has 1 N–H and O–H groups in total. The largest absolute Gasteiger partial charge is 0.378 e. The van der Waals surface area contributed by atoms with E-state index in [1.54, 1.807) is 7.11 Å². The Bertz CT molecular complexity index is 347. The zero-order valence-electron chi connectivity index (χ0n) is 11.7. The van der Waals surface area contributed by atoms with Gasteiger partial charge in [0.2, 0.25) is 5.91 Å². The lowest BCUT2D eigenvalue weighted by Crippen LogP contribution is -2.48. The highest BCUT2D eigenvalue weighted by Gasteiger charge is 2.39. The Morgan fingerprint density at radius 3 is 2.63 bits per heavy atom. The average molecular weight is 265 g/mol. The van der Waals surface area contributed by atoms with Crippen LogP contribution in [0, 0.1) is 11.3 Å². The molecule has 0 unspecified atom stereocenters. The molecule has 1 saturated carbocycles. The highest BCUT2D eigenvalue weighted by atomic mass is 16.5. The number of hydrogen-bond acceptors (Lipinski definition) is 4. The van der Waals surface area contributed by atoms with E-state index in [0.717, 1.165) is 45.2 Å². The predicted molar refractivity (Wildman–Crippen MR) is 71.4 cm³/mol. The summed E-state index contributed by atoms with van der Waals surface area (Å²) < 4.78 is 5.48. The Balaban J connectivity index is 1.70. The van der Waals surface area contributed by atoms with Gasteiger partial charge in [-0.1, -0.05) is 0 Å². The van der Waals surface area contributed by atoms with E-state index in [1.807, 2.05) is 0 Å². The topological polar surface area (TPSA) is 65.4 Å². The predicted octanol–water partition coefficient (Wildman–Crippen LogP) is 1.05. The highest BCUT2D eigenvalue weighted by molar-refractivity contribution is 5.77. The van der Waals surface area contributed by atoms with Crippen molar-refractivity contribution < 1.29 is 9.53 Å². The third-order valence-electron chi connectivity index (χ3n) is 4.43. The number of nitrogens with one attached hydrogen (secondary N) is 1. The zero-order chi connectivity index (χ0) is 13.7. The first-order chi connectivity index (χ1) is 9.17. The van der Waals surface area contributed by atoms with Crippen molar-refractivity contribution in [2.45, 2.75) is 50.2 Å². The molecule has 19 heavy (non-hydrogen) atoms. The molecule has 0 bridgehead atoms. The molecule has 0 spiro atoms. The van der Waals surface area contributed by atoms with Crippen LogP contribution in [0.5, 0.6) is 0 Å². The van der Waals surface area contributed by atoms with Gasteiger partial charge in [-0.05, 0) is 32.1 Å². The Kier molecular flexibility index (Phi) is 4.78. The van der Waals surface area contributed by atoms with Crippen LogP contribution in [0.15, 0.2) is 0 Å². The molecule has 0 aromatic carbocycles. The maximum absolute atomic E-state index is 12.0. The van der Waals surface area contributed by atoms with Crippen LogP contribution in [0.3, 0.4) is 0 Å². The number of nitrogens with zero attached hydrogens (tertiary/aromatic N) is 2. The number of nitriles is 1. The van der Waals surface area contributed by atoms with E-state index in [1.165, 1.54) is 0 Å². The van der Waals surface area contributed by atoms with Crippen LogP contribution in [0.1, 0.15) is 38.5 Å². The molecule has 5 heteroatoms. The third-order valence-corrected chi connectivity index (χ3v) is 4.43. The minimum absolute atomic E-state index is 0.111. The number of carbonyl (C=O) groups excluding carboxylic acids is 1. The van der Waals surface area contributed by atoms with Crippen molar-refractivity contribution in [2.24, 2.45) is 0 Å². The number of hydrogen-bond donors (Lipinski definition) is 1. The van der Waals surface area contributed by atoms with Gasteiger partial charge in [-0.3, -0.25) is 9.69 Å². The van der Waals surface area contributed by atoms with E-state index in [0.29, 0.717) is 13.0 Å². The number of rotatable bonds is 5. The van der Waals surface area contributed by atoms with Crippen LogP contribution in [0.2, 0.25) is 0 Å². The van der Waals surface area contributed by atoms with Gasteiger partial charge in [0, 0.05) is 26.2 Å². The molecule has 2 aliphatic rings. The molecule has 0 radical (unpaired) electrons. The fourth-order valence-corrected chi connectivity index (χ4v) is 2.93. The first-order valence-electron chi connectivity index (χ1n) is 7.11. The Morgan fingerprint density at radius 1 is 1.47 bits per heavy atom. The maximum Gasteiger partial charge on any atom is 0.223 e. The van der Waals surface area contributed by atoms with Gasteiger partial charge in [0.15, 0.2) is 0 Å². The fraction of sp³-hybridized carbons (Fsp3) is 0.857. The molecule has 0 aromatic heterocycles. The quantitative estimate of drug-likeness (QED) is 0.755. The minimum Gasteiger partial charge on any atom is -0.378 e.